The number of carboxylic acid groups (broad SMARTS) is 1. The number of aryl methyl sites for hydroxylation is 1. The third-order valence-corrected chi connectivity index (χ3v) is 4.67. The first-order valence-corrected chi connectivity index (χ1v) is 10.2. The Balaban J connectivity index is 0.000000384. The van der Waals surface area contributed by atoms with Gasteiger partial charge in [0.2, 0.25) is 0 Å². The Morgan fingerprint density at radius 2 is 1.89 bits per heavy atom. The van der Waals surface area contributed by atoms with E-state index in [4.69, 9.17) is 14.4 Å². The molecule has 0 aliphatic rings. The second-order valence-corrected chi connectivity index (χ2v) is 7.20. The molecule has 3 N–H and O–H groups in total. The van der Waals surface area contributed by atoms with E-state index in [2.05, 4.69) is 35.7 Å². The molecule has 5 aromatic rings. The van der Waals surface area contributed by atoms with Gasteiger partial charge in [0.15, 0.2) is 0 Å². The number of alkyl halides is 3. The maximum atomic E-state index is 10.6. The number of aromatic amines is 1. The number of nitrogens with zero attached hydrogens (tertiary/aromatic N) is 6. The zero-order valence-corrected chi connectivity index (χ0v) is 18.4. The van der Waals surface area contributed by atoms with E-state index >= 15 is 0 Å². The van der Waals surface area contributed by atoms with Crippen molar-refractivity contribution in [1.82, 2.24) is 35.1 Å². The highest BCUT2D eigenvalue weighted by Gasteiger charge is 2.38. The summed E-state index contributed by atoms with van der Waals surface area (Å²) in [5.41, 5.74) is 5.24. The molecule has 4 heterocycles. The SMILES string of the molecule is Cc1ncn(-c2ccc(Nc3cc(-c4nocc4-c4cn[nH]c4)ccn3)cc2)n1.O=C(O)C(F)(F)F. The number of hydrogen-bond donors (Lipinski definition) is 3. The lowest BCUT2D eigenvalue weighted by Gasteiger charge is -2.08. The first kappa shape index (κ1) is 24.1. The molecule has 0 saturated heterocycles. The van der Waals surface area contributed by atoms with Crippen molar-refractivity contribution in [3.8, 4) is 28.1 Å². The van der Waals surface area contributed by atoms with E-state index in [9.17, 15) is 13.2 Å². The molecule has 0 aliphatic heterocycles. The van der Waals surface area contributed by atoms with Gasteiger partial charge in [-0.25, -0.2) is 19.4 Å². The highest BCUT2D eigenvalue weighted by Crippen LogP contribution is 2.31. The lowest BCUT2D eigenvalue weighted by Crippen LogP contribution is -2.21. The Morgan fingerprint density at radius 3 is 2.50 bits per heavy atom. The molecule has 14 heteroatoms. The Bertz CT molecular complexity index is 1440. The lowest BCUT2D eigenvalue weighted by molar-refractivity contribution is -0.192. The van der Waals surface area contributed by atoms with Crippen LogP contribution in [0.25, 0.3) is 28.1 Å². The maximum Gasteiger partial charge on any atom is 0.490 e. The summed E-state index contributed by atoms with van der Waals surface area (Å²) in [5, 5.41) is 25.7. The van der Waals surface area contributed by atoms with Crippen molar-refractivity contribution in [2.24, 2.45) is 0 Å². The molecule has 0 spiro atoms. The van der Waals surface area contributed by atoms with Gasteiger partial charge in [0.1, 0.15) is 29.9 Å². The molecule has 11 nitrogen and oxygen atoms in total. The quantitative estimate of drug-likeness (QED) is 0.321. The third-order valence-electron chi connectivity index (χ3n) is 4.67. The van der Waals surface area contributed by atoms with E-state index in [1.165, 1.54) is 0 Å². The van der Waals surface area contributed by atoms with Crippen LogP contribution in [0.1, 0.15) is 5.82 Å². The number of anilines is 2. The molecular weight excluding hydrogens is 481 g/mol. The number of halogens is 3. The number of benzene rings is 1. The van der Waals surface area contributed by atoms with E-state index in [0.29, 0.717) is 5.82 Å². The van der Waals surface area contributed by atoms with Gasteiger partial charge in [0.25, 0.3) is 0 Å². The minimum atomic E-state index is -5.08. The number of carbonyl (C=O) groups is 1. The van der Waals surface area contributed by atoms with Crippen LogP contribution in [0.5, 0.6) is 0 Å². The summed E-state index contributed by atoms with van der Waals surface area (Å²) < 4.78 is 38.7. The summed E-state index contributed by atoms with van der Waals surface area (Å²) in [4.78, 5) is 17.5. The molecule has 0 bridgehead atoms. The first-order chi connectivity index (χ1) is 17.2. The van der Waals surface area contributed by atoms with Crippen LogP contribution in [0.3, 0.4) is 0 Å². The summed E-state index contributed by atoms with van der Waals surface area (Å²) in [7, 11) is 0. The minimum Gasteiger partial charge on any atom is -0.475 e. The Kier molecular flexibility index (Phi) is 6.76. The summed E-state index contributed by atoms with van der Waals surface area (Å²) >= 11 is 0. The van der Waals surface area contributed by atoms with Crippen LogP contribution in [0.2, 0.25) is 0 Å². The minimum absolute atomic E-state index is 0.702. The van der Waals surface area contributed by atoms with Crippen LogP contribution >= 0.6 is 0 Å². The van der Waals surface area contributed by atoms with Crippen molar-refractivity contribution < 1.29 is 27.6 Å². The second-order valence-electron chi connectivity index (χ2n) is 7.20. The maximum absolute atomic E-state index is 10.6. The van der Waals surface area contributed by atoms with Crippen molar-refractivity contribution in [3.05, 3.63) is 73.4 Å². The zero-order valence-electron chi connectivity index (χ0n) is 18.4. The van der Waals surface area contributed by atoms with Gasteiger partial charge in [-0.3, -0.25) is 5.10 Å². The molecule has 0 fully saturated rings. The van der Waals surface area contributed by atoms with Crippen LogP contribution in [-0.2, 0) is 4.79 Å². The normalized spacial score (nSPS) is 11.0. The Hall–Kier alpha value is -5.01. The monoisotopic (exact) mass is 498 g/mol. The molecule has 36 heavy (non-hydrogen) atoms. The van der Waals surface area contributed by atoms with Crippen molar-refractivity contribution >= 4 is 17.5 Å². The van der Waals surface area contributed by atoms with Gasteiger partial charge in [-0.15, -0.1) is 0 Å². The number of carboxylic acids is 1. The Morgan fingerprint density at radius 1 is 1.14 bits per heavy atom. The largest absolute Gasteiger partial charge is 0.490 e. The van der Waals surface area contributed by atoms with E-state index in [1.54, 1.807) is 35.9 Å². The topological polar surface area (TPSA) is 148 Å². The number of pyridine rings is 1. The zero-order chi connectivity index (χ0) is 25.7. The smallest absolute Gasteiger partial charge is 0.475 e. The van der Waals surface area contributed by atoms with E-state index < -0.39 is 12.1 Å². The van der Waals surface area contributed by atoms with Crippen LogP contribution in [0.15, 0.2) is 72.1 Å². The van der Waals surface area contributed by atoms with Gasteiger partial charge in [-0.05, 0) is 43.3 Å². The number of hydrogen-bond acceptors (Lipinski definition) is 8. The van der Waals surface area contributed by atoms with E-state index in [1.807, 2.05) is 43.3 Å². The average Bonchev–Trinajstić information content (AvgIpc) is 3.61. The predicted octanol–water partition coefficient (Wildman–Crippen LogP) is 4.39. The molecule has 0 aliphatic carbocycles. The lowest BCUT2D eigenvalue weighted by atomic mass is 10.1. The highest BCUT2D eigenvalue weighted by atomic mass is 19.4. The van der Waals surface area contributed by atoms with Crippen molar-refractivity contribution in [2.45, 2.75) is 13.1 Å². The third kappa shape index (κ3) is 5.72. The molecule has 5 rings (SSSR count). The number of rotatable bonds is 5. The average molecular weight is 498 g/mol. The number of aromatic nitrogens is 7. The molecule has 0 atom stereocenters. The molecule has 0 unspecified atom stereocenters. The Labute approximate surface area is 200 Å². The second kappa shape index (κ2) is 10.1. The van der Waals surface area contributed by atoms with Gasteiger partial charge < -0.3 is 14.9 Å². The summed E-state index contributed by atoms with van der Waals surface area (Å²) in [5.74, 6) is -1.32. The van der Waals surface area contributed by atoms with Crippen molar-refractivity contribution in [1.29, 1.82) is 0 Å². The van der Waals surface area contributed by atoms with E-state index in [-0.39, 0.29) is 0 Å². The molecule has 0 radical (unpaired) electrons. The van der Waals surface area contributed by atoms with Gasteiger partial charge in [0, 0.05) is 29.2 Å². The van der Waals surface area contributed by atoms with Gasteiger partial charge >= 0.3 is 12.1 Å². The van der Waals surface area contributed by atoms with Crippen LogP contribution in [0.4, 0.5) is 24.7 Å². The molecule has 4 aromatic heterocycles. The van der Waals surface area contributed by atoms with Crippen LogP contribution < -0.4 is 5.32 Å². The van der Waals surface area contributed by atoms with Gasteiger partial charge in [-0.1, -0.05) is 5.16 Å². The van der Waals surface area contributed by atoms with Crippen molar-refractivity contribution in [2.75, 3.05) is 5.32 Å². The highest BCUT2D eigenvalue weighted by molar-refractivity contribution is 5.80. The molecule has 0 amide bonds. The summed E-state index contributed by atoms with van der Waals surface area (Å²) in [6.07, 6.45) is 3.48. The molecule has 184 valence electrons. The standard InChI is InChI=1S/C20H16N8O.C2HF3O2/c1-13-22-12-28(26-13)17-4-2-16(3-5-17)25-19-8-14(6-7-21-19)20-18(11-29-27-20)15-9-23-24-10-15;3-2(4,5)1(6)7/h2-12H,1H3,(H,21,25)(H,23,24);(H,6,7). The molecule has 0 saturated carbocycles. The van der Waals surface area contributed by atoms with Crippen LogP contribution in [0, 0.1) is 6.92 Å². The first-order valence-electron chi connectivity index (χ1n) is 10.2. The predicted molar refractivity (Wildman–Crippen MR) is 120 cm³/mol. The van der Waals surface area contributed by atoms with Crippen LogP contribution in [-0.4, -0.2) is 52.4 Å². The molecule has 1 aromatic carbocycles. The summed E-state index contributed by atoms with van der Waals surface area (Å²) in [6.45, 7) is 1.86. The van der Waals surface area contributed by atoms with Crippen molar-refractivity contribution in [3.63, 3.8) is 0 Å². The number of H-pyrrole nitrogens is 1. The van der Waals surface area contributed by atoms with E-state index in [0.717, 1.165) is 39.6 Å². The fourth-order valence-electron chi connectivity index (χ4n) is 3.01. The number of nitrogens with one attached hydrogen (secondary N) is 2. The fraction of sp³-hybridized carbons (Fsp3) is 0.0909. The van der Waals surface area contributed by atoms with Gasteiger partial charge in [0.05, 0.1) is 17.4 Å². The van der Waals surface area contributed by atoms with Gasteiger partial charge in [-0.2, -0.15) is 23.4 Å². The number of aliphatic carboxylic acids is 1. The molecular formula is C22H17F3N8O3. The fourth-order valence-corrected chi connectivity index (χ4v) is 3.01. The summed E-state index contributed by atoms with van der Waals surface area (Å²) in [6, 6.07) is 11.7.